The Labute approximate surface area is 186 Å². The number of hydrogen-bond acceptors (Lipinski definition) is 5. The lowest BCUT2D eigenvalue weighted by Crippen LogP contribution is -2.43. The highest BCUT2D eigenvalue weighted by atomic mass is 32.1. The second-order valence-electron chi connectivity index (χ2n) is 8.82. The molecule has 5 nitrogen and oxygen atoms in total. The van der Waals surface area contributed by atoms with E-state index in [1.54, 1.807) is 11.0 Å². The van der Waals surface area contributed by atoms with Crippen LogP contribution in [0.3, 0.4) is 0 Å². The van der Waals surface area contributed by atoms with Crippen molar-refractivity contribution in [3.05, 3.63) is 59.4 Å². The van der Waals surface area contributed by atoms with Crippen molar-refractivity contribution in [1.82, 2.24) is 9.88 Å². The summed E-state index contributed by atoms with van der Waals surface area (Å²) < 4.78 is 20.4. The van der Waals surface area contributed by atoms with Gasteiger partial charge < -0.3 is 4.74 Å². The monoisotopic (exact) mass is 441 g/mol. The van der Waals surface area contributed by atoms with Crippen LogP contribution in [0.4, 0.5) is 9.52 Å². The molecule has 1 aliphatic rings. The molecule has 1 fully saturated rings. The molecule has 0 N–H and O–H groups in total. The van der Waals surface area contributed by atoms with E-state index in [2.05, 4.69) is 30.7 Å². The summed E-state index contributed by atoms with van der Waals surface area (Å²) in [6, 6.07) is 12.7. The van der Waals surface area contributed by atoms with Crippen LogP contribution >= 0.6 is 11.3 Å². The van der Waals surface area contributed by atoms with Crippen molar-refractivity contribution in [3.8, 4) is 0 Å². The maximum atomic E-state index is 14.2. The number of halogens is 1. The molecule has 1 aliphatic heterocycles. The van der Waals surface area contributed by atoms with Crippen LogP contribution in [-0.4, -0.2) is 55.2 Å². The van der Waals surface area contributed by atoms with Crippen LogP contribution in [-0.2, 0) is 10.2 Å². The van der Waals surface area contributed by atoms with Gasteiger partial charge in [-0.2, -0.15) is 0 Å². The fraction of sp³-hybridized carbons (Fsp3) is 0.417. The molecule has 2 aromatic carbocycles. The predicted molar refractivity (Wildman–Crippen MR) is 124 cm³/mol. The van der Waals surface area contributed by atoms with Crippen molar-refractivity contribution in [3.63, 3.8) is 0 Å². The third kappa shape index (κ3) is 4.95. The largest absolute Gasteiger partial charge is 0.379 e. The van der Waals surface area contributed by atoms with Gasteiger partial charge in [0.25, 0.3) is 5.91 Å². The number of aromatic nitrogens is 1. The average Bonchev–Trinajstić information content (AvgIpc) is 3.19. The minimum absolute atomic E-state index is 0.0160. The summed E-state index contributed by atoms with van der Waals surface area (Å²) in [5.41, 5.74) is 2.11. The summed E-state index contributed by atoms with van der Waals surface area (Å²) in [5, 5.41) is 0.526. The molecule has 0 spiro atoms. The number of morpholine rings is 1. The molecular weight excluding hydrogens is 413 g/mol. The maximum absolute atomic E-state index is 14.2. The molecule has 7 heteroatoms. The Bertz CT molecular complexity index is 1050. The Morgan fingerprint density at radius 2 is 1.87 bits per heavy atom. The molecule has 0 aliphatic carbocycles. The number of carbonyl (C=O) groups excluding carboxylic acids is 1. The summed E-state index contributed by atoms with van der Waals surface area (Å²) in [6.07, 6.45) is 0. The van der Waals surface area contributed by atoms with Crippen molar-refractivity contribution in [2.24, 2.45) is 0 Å². The smallest absolute Gasteiger partial charge is 0.260 e. The molecule has 164 valence electrons. The second-order valence-corrected chi connectivity index (χ2v) is 9.83. The summed E-state index contributed by atoms with van der Waals surface area (Å²) in [4.78, 5) is 21.9. The van der Waals surface area contributed by atoms with E-state index in [0.29, 0.717) is 42.5 Å². The lowest BCUT2D eigenvalue weighted by atomic mass is 9.86. The normalized spacial score (nSPS) is 15.4. The van der Waals surface area contributed by atoms with Crippen LogP contribution in [0.15, 0.2) is 42.5 Å². The topological polar surface area (TPSA) is 45.7 Å². The molecule has 0 unspecified atom stereocenters. The maximum Gasteiger partial charge on any atom is 0.260 e. The van der Waals surface area contributed by atoms with Crippen molar-refractivity contribution >= 4 is 32.6 Å². The van der Waals surface area contributed by atoms with Gasteiger partial charge in [0.2, 0.25) is 0 Å². The van der Waals surface area contributed by atoms with Crippen molar-refractivity contribution in [2.75, 3.05) is 44.3 Å². The fourth-order valence-electron chi connectivity index (χ4n) is 3.64. The lowest BCUT2D eigenvalue weighted by Gasteiger charge is -2.29. The zero-order chi connectivity index (χ0) is 22.0. The van der Waals surface area contributed by atoms with E-state index in [4.69, 9.17) is 4.74 Å². The van der Waals surface area contributed by atoms with Gasteiger partial charge in [0.05, 0.1) is 17.9 Å². The summed E-state index contributed by atoms with van der Waals surface area (Å²) >= 11 is 1.35. The van der Waals surface area contributed by atoms with E-state index < -0.39 is 0 Å². The Balaban J connectivity index is 1.63. The highest BCUT2D eigenvalue weighted by molar-refractivity contribution is 7.22. The molecule has 3 aromatic rings. The molecule has 1 aromatic heterocycles. The SMILES string of the molecule is CC(C)(C)c1ccc(C(=O)N(CCN2CCOCC2)c2nc3c(F)cccc3s2)cc1. The minimum atomic E-state index is -0.366. The van der Waals surface area contributed by atoms with Crippen molar-refractivity contribution < 1.29 is 13.9 Å². The average molecular weight is 442 g/mol. The molecule has 0 bridgehead atoms. The Kier molecular flexibility index (Phi) is 6.36. The molecule has 0 atom stereocenters. The number of benzene rings is 2. The third-order valence-electron chi connectivity index (χ3n) is 5.58. The number of thiazole rings is 1. The summed E-state index contributed by atoms with van der Waals surface area (Å²) in [5.74, 6) is -0.483. The molecule has 0 radical (unpaired) electrons. The number of anilines is 1. The van der Waals surface area contributed by atoms with Gasteiger partial charge in [-0.05, 0) is 35.2 Å². The van der Waals surface area contributed by atoms with Crippen LogP contribution in [0.1, 0.15) is 36.7 Å². The molecule has 31 heavy (non-hydrogen) atoms. The van der Waals surface area contributed by atoms with Gasteiger partial charge in [-0.15, -0.1) is 0 Å². The number of rotatable bonds is 5. The van der Waals surface area contributed by atoms with Crippen LogP contribution in [0, 0.1) is 5.82 Å². The highest BCUT2D eigenvalue weighted by Gasteiger charge is 2.24. The number of nitrogens with zero attached hydrogens (tertiary/aromatic N) is 3. The first-order valence-corrected chi connectivity index (χ1v) is 11.4. The highest BCUT2D eigenvalue weighted by Crippen LogP contribution is 2.31. The number of para-hydroxylation sites is 1. The van der Waals surface area contributed by atoms with Gasteiger partial charge in [-0.25, -0.2) is 9.37 Å². The number of ether oxygens (including phenoxy) is 1. The van der Waals surface area contributed by atoms with Gasteiger partial charge in [-0.1, -0.05) is 50.3 Å². The van der Waals surface area contributed by atoms with E-state index in [9.17, 15) is 9.18 Å². The quantitative estimate of drug-likeness (QED) is 0.575. The summed E-state index contributed by atoms with van der Waals surface area (Å²) in [6.45, 7) is 10.7. The van der Waals surface area contributed by atoms with E-state index in [1.807, 2.05) is 30.3 Å². The molecule has 1 saturated heterocycles. The first-order chi connectivity index (χ1) is 14.8. The Hall–Kier alpha value is -2.35. The van der Waals surface area contributed by atoms with Gasteiger partial charge >= 0.3 is 0 Å². The van der Waals surface area contributed by atoms with E-state index in [1.165, 1.54) is 23.0 Å². The van der Waals surface area contributed by atoms with E-state index in [-0.39, 0.29) is 17.1 Å². The Morgan fingerprint density at radius 3 is 2.52 bits per heavy atom. The van der Waals surface area contributed by atoms with Gasteiger partial charge in [0, 0.05) is 31.7 Å². The fourth-order valence-corrected chi connectivity index (χ4v) is 4.64. The summed E-state index contributed by atoms with van der Waals surface area (Å²) in [7, 11) is 0. The first-order valence-electron chi connectivity index (χ1n) is 10.6. The first kappa shape index (κ1) is 21.9. The van der Waals surface area contributed by atoms with Gasteiger partial charge in [0.15, 0.2) is 5.13 Å². The zero-order valence-electron chi connectivity index (χ0n) is 18.2. The minimum Gasteiger partial charge on any atom is -0.379 e. The van der Waals surface area contributed by atoms with Gasteiger partial charge in [0.1, 0.15) is 11.3 Å². The molecule has 1 amide bonds. The Morgan fingerprint density at radius 1 is 1.16 bits per heavy atom. The van der Waals surface area contributed by atoms with E-state index >= 15 is 0 Å². The van der Waals surface area contributed by atoms with Crippen molar-refractivity contribution in [2.45, 2.75) is 26.2 Å². The van der Waals surface area contributed by atoms with Crippen LogP contribution in [0.5, 0.6) is 0 Å². The van der Waals surface area contributed by atoms with Crippen LogP contribution < -0.4 is 4.90 Å². The van der Waals surface area contributed by atoms with Crippen LogP contribution in [0.2, 0.25) is 0 Å². The molecule has 2 heterocycles. The molecule has 4 rings (SSSR count). The number of hydrogen-bond donors (Lipinski definition) is 0. The van der Waals surface area contributed by atoms with E-state index in [0.717, 1.165) is 17.8 Å². The molecular formula is C24H28FN3O2S. The van der Waals surface area contributed by atoms with Crippen LogP contribution in [0.25, 0.3) is 10.2 Å². The number of fused-ring (bicyclic) bond motifs is 1. The number of amides is 1. The van der Waals surface area contributed by atoms with Gasteiger partial charge in [-0.3, -0.25) is 14.6 Å². The second kappa shape index (κ2) is 9.02. The lowest BCUT2D eigenvalue weighted by molar-refractivity contribution is 0.0391. The third-order valence-corrected chi connectivity index (χ3v) is 6.62. The molecule has 0 saturated carbocycles. The standard InChI is InChI=1S/C24H28FN3O2S/c1-24(2,3)18-9-7-17(8-10-18)22(29)28(12-11-27-13-15-30-16-14-27)23-26-21-19(25)5-4-6-20(21)31-23/h4-10H,11-16H2,1-3H3. The predicted octanol–water partition coefficient (Wildman–Crippen LogP) is 4.71. The van der Waals surface area contributed by atoms with Crippen molar-refractivity contribution in [1.29, 1.82) is 0 Å². The number of carbonyl (C=O) groups is 1. The zero-order valence-corrected chi connectivity index (χ0v) is 19.0.